The minimum Gasteiger partial charge on any atom is -0.497 e. The minimum atomic E-state index is -1.07. The number of nitrogens with one attached hydrogen (secondary N) is 1. The molecule has 4 aromatic rings. The molecule has 1 amide bonds. The van der Waals surface area contributed by atoms with E-state index in [4.69, 9.17) is 4.74 Å². The fraction of sp³-hybridized carbons (Fsp3) is 0.0833. The number of thiazole rings is 2. The van der Waals surface area contributed by atoms with E-state index in [1.165, 1.54) is 16.3 Å². The van der Waals surface area contributed by atoms with Gasteiger partial charge in [0.2, 0.25) is 10.3 Å². The topological polar surface area (TPSA) is 129 Å². The smallest absolute Gasteiger partial charge is 0.347 e. The van der Waals surface area contributed by atoms with Crippen LogP contribution in [0.5, 0.6) is 5.75 Å². The van der Waals surface area contributed by atoms with E-state index in [0.717, 1.165) is 22.6 Å². The molecule has 0 saturated heterocycles. The molecule has 0 spiro atoms. The van der Waals surface area contributed by atoms with E-state index in [1.807, 2.05) is 60.0 Å². The summed E-state index contributed by atoms with van der Waals surface area (Å²) in [5, 5.41) is 21.8. The predicted molar refractivity (Wildman–Crippen MR) is 139 cm³/mol. The first-order valence-corrected chi connectivity index (χ1v) is 12.3. The Hall–Kier alpha value is -4.42. The van der Waals surface area contributed by atoms with E-state index in [-0.39, 0.29) is 15.7 Å². The van der Waals surface area contributed by atoms with E-state index in [0.29, 0.717) is 27.8 Å². The predicted octanol–water partition coefficient (Wildman–Crippen LogP) is 4.50. The molecule has 2 aromatic heterocycles. The molecule has 1 aliphatic heterocycles. The average Bonchev–Trinajstić information content (AvgIpc) is 3.60. The molecule has 180 valence electrons. The molecule has 0 bridgehead atoms. The van der Waals surface area contributed by atoms with Crippen molar-refractivity contribution in [2.24, 2.45) is 10.2 Å². The molecule has 0 aliphatic carbocycles. The van der Waals surface area contributed by atoms with Crippen LogP contribution in [-0.2, 0) is 4.79 Å². The Morgan fingerprint density at radius 1 is 1.08 bits per heavy atom. The average molecular weight is 519 g/mol. The number of nitrogens with zero attached hydrogens (tertiary/aromatic N) is 5. The maximum atomic E-state index is 13.4. The zero-order valence-electron chi connectivity index (χ0n) is 19.0. The molecule has 1 aliphatic rings. The quantitative estimate of drug-likeness (QED) is 0.345. The lowest BCUT2D eigenvalue weighted by Crippen LogP contribution is -2.28. The number of ether oxygens (including phenoxy) is 1. The highest BCUT2D eigenvalue weighted by molar-refractivity contribution is 7.17. The van der Waals surface area contributed by atoms with Gasteiger partial charge in [-0.15, -0.1) is 11.3 Å². The second kappa shape index (κ2) is 9.68. The Morgan fingerprint density at radius 2 is 1.83 bits per heavy atom. The lowest BCUT2D eigenvalue weighted by Gasteiger charge is -2.06. The number of aromatic nitrogens is 2. The summed E-state index contributed by atoms with van der Waals surface area (Å²) in [6.45, 7) is 1.60. The standard InChI is InChI=1S/C24H18N6O4S2/c1-13-20(22(32)33)36-23(25-13)28-27-19-18(15-6-4-3-5-7-15)29-30(21(19)31)24-26-17(12-35-24)14-8-10-16(34-2)11-9-14/h3-12H,1-2H3,(H,25,28)(H,32,33)/b27-19-. The fourth-order valence-electron chi connectivity index (χ4n) is 3.42. The van der Waals surface area contributed by atoms with Crippen LogP contribution in [0.3, 0.4) is 0 Å². The Bertz CT molecular complexity index is 1510. The van der Waals surface area contributed by atoms with Gasteiger partial charge in [0.15, 0.2) is 5.71 Å². The van der Waals surface area contributed by atoms with Crippen molar-refractivity contribution in [1.82, 2.24) is 9.97 Å². The highest BCUT2D eigenvalue weighted by Crippen LogP contribution is 2.31. The van der Waals surface area contributed by atoms with Crippen LogP contribution in [0.1, 0.15) is 20.9 Å². The summed E-state index contributed by atoms with van der Waals surface area (Å²) >= 11 is 2.22. The number of rotatable bonds is 7. The number of benzene rings is 2. The zero-order chi connectivity index (χ0) is 25.2. The van der Waals surface area contributed by atoms with Gasteiger partial charge in [-0.3, -0.25) is 10.2 Å². The van der Waals surface area contributed by atoms with Crippen molar-refractivity contribution in [2.45, 2.75) is 6.92 Å². The van der Waals surface area contributed by atoms with Gasteiger partial charge in [0.1, 0.15) is 16.3 Å². The maximum absolute atomic E-state index is 13.4. The van der Waals surface area contributed by atoms with Crippen molar-refractivity contribution < 1.29 is 19.4 Å². The number of methoxy groups -OCH3 is 1. The van der Waals surface area contributed by atoms with Crippen LogP contribution in [0, 0.1) is 6.92 Å². The van der Waals surface area contributed by atoms with Crippen molar-refractivity contribution in [1.29, 1.82) is 0 Å². The molecule has 36 heavy (non-hydrogen) atoms. The van der Waals surface area contributed by atoms with Crippen molar-refractivity contribution in [3.63, 3.8) is 0 Å². The third kappa shape index (κ3) is 4.46. The number of carbonyl (C=O) groups excluding carboxylic acids is 1. The molecular formula is C24H18N6O4S2. The first kappa shape index (κ1) is 23.3. The van der Waals surface area contributed by atoms with Crippen LogP contribution in [0.4, 0.5) is 10.3 Å². The lowest BCUT2D eigenvalue weighted by atomic mass is 10.1. The molecule has 10 nitrogen and oxygen atoms in total. The number of carboxylic acid groups (broad SMARTS) is 1. The number of hydrogen-bond acceptors (Lipinski definition) is 10. The first-order chi connectivity index (χ1) is 17.4. The van der Waals surface area contributed by atoms with E-state index in [1.54, 1.807) is 14.0 Å². The molecule has 0 saturated carbocycles. The summed E-state index contributed by atoms with van der Waals surface area (Å²) in [6.07, 6.45) is 0. The number of hydrogen-bond donors (Lipinski definition) is 2. The number of aryl methyl sites for hydroxylation is 1. The molecule has 12 heteroatoms. The van der Waals surface area contributed by atoms with Crippen molar-refractivity contribution in [3.05, 3.63) is 76.1 Å². The summed E-state index contributed by atoms with van der Waals surface area (Å²) < 4.78 is 5.21. The Labute approximate surface area is 213 Å². The van der Waals surface area contributed by atoms with Crippen molar-refractivity contribution in [3.8, 4) is 17.0 Å². The Kier molecular flexibility index (Phi) is 6.27. The molecule has 0 atom stereocenters. The SMILES string of the molecule is COc1ccc(-c2csc(N3N=C(c4ccccc4)/C(=N/Nc4nc(C)c(C(=O)O)s4)C3=O)n2)cc1. The maximum Gasteiger partial charge on any atom is 0.347 e. The van der Waals surface area contributed by atoms with Gasteiger partial charge in [0, 0.05) is 16.5 Å². The molecule has 5 rings (SSSR count). The van der Waals surface area contributed by atoms with Gasteiger partial charge < -0.3 is 9.84 Å². The number of hydrazone groups is 2. The highest BCUT2D eigenvalue weighted by Gasteiger charge is 2.36. The van der Waals surface area contributed by atoms with Gasteiger partial charge in [0.25, 0.3) is 0 Å². The molecule has 3 heterocycles. The van der Waals surface area contributed by atoms with Crippen LogP contribution < -0.4 is 15.2 Å². The molecule has 0 unspecified atom stereocenters. The second-order valence-corrected chi connectivity index (χ2v) is 9.32. The van der Waals surface area contributed by atoms with Gasteiger partial charge in [-0.1, -0.05) is 41.7 Å². The minimum absolute atomic E-state index is 0.0622. The number of anilines is 2. The van der Waals surface area contributed by atoms with E-state index in [2.05, 4.69) is 25.6 Å². The first-order valence-electron chi connectivity index (χ1n) is 10.6. The van der Waals surface area contributed by atoms with Crippen LogP contribution in [0.2, 0.25) is 0 Å². The van der Waals surface area contributed by atoms with Crippen molar-refractivity contribution in [2.75, 3.05) is 17.5 Å². The van der Waals surface area contributed by atoms with Gasteiger partial charge in [-0.25, -0.2) is 14.8 Å². The van der Waals surface area contributed by atoms with Crippen LogP contribution in [-0.4, -0.2) is 45.5 Å². The molecule has 0 fully saturated rings. The molecular weight excluding hydrogens is 500 g/mol. The monoisotopic (exact) mass is 518 g/mol. The summed E-state index contributed by atoms with van der Waals surface area (Å²) in [5.41, 5.74) is 5.78. The third-order valence-corrected chi connectivity index (χ3v) is 7.05. The number of carbonyl (C=O) groups is 2. The normalized spacial score (nSPS) is 14.3. The van der Waals surface area contributed by atoms with Gasteiger partial charge in [-0.05, 0) is 31.2 Å². The zero-order valence-corrected chi connectivity index (χ0v) is 20.6. The summed E-state index contributed by atoms with van der Waals surface area (Å²) in [6, 6.07) is 16.6. The molecule has 2 N–H and O–H groups in total. The van der Waals surface area contributed by atoms with E-state index in [9.17, 15) is 14.7 Å². The second-order valence-electron chi connectivity index (χ2n) is 7.49. The lowest BCUT2D eigenvalue weighted by molar-refractivity contribution is -0.112. The Balaban J connectivity index is 1.47. The van der Waals surface area contributed by atoms with E-state index < -0.39 is 11.9 Å². The van der Waals surface area contributed by atoms with Crippen LogP contribution >= 0.6 is 22.7 Å². The van der Waals surface area contributed by atoms with Gasteiger partial charge in [-0.2, -0.15) is 15.2 Å². The third-order valence-electron chi connectivity index (χ3n) is 5.18. The highest BCUT2D eigenvalue weighted by atomic mass is 32.1. The number of aromatic carboxylic acids is 1. The van der Waals surface area contributed by atoms with Crippen LogP contribution in [0.15, 0.2) is 70.2 Å². The summed E-state index contributed by atoms with van der Waals surface area (Å²) in [4.78, 5) is 33.6. The number of amides is 1. The van der Waals surface area contributed by atoms with Crippen molar-refractivity contribution >= 4 is 56.2 Å². The summed E-state index contributed by atoms with van der Waals surface area (Å²) in [7, 11) is 1.60. The van der Waals surface area contributed by atoms with Crippen LogP contribution in [0.25, 0.3) is 11.3 Å². The van der Waals surface area contributed by atoms with Gasteiger partial charge >= 0.3 is 11.9 Å². The van der Waals surface area contributed by atoms with E-state index >= 15 is 0 Å². The molecule has 0 radical (unpaired) electrons. The largest absolute Gasteiger partial charge is 0.497 e. The number of carboxylic acids is 1. The summed E-state index contributed by atoms with van der Waals surface area (Å²) in [5.74, 6) is -0.805. The van der Waals surface area contributed by atoms with Gasteiger partial charge in [0.05, 0.1) is 18.5 Å². The fourth-order valence-corrected chi connectivity index (χ4v) is 4.95. The molecule has 2 aromatic carbocycles. The Morgan fingerprint density at radius 3 is 2.50 bits per heavy atom.